The average molecular weight is 305 g/mol. The zero-order valence-electron chi connectivity index (χ0n) is 10.3. The summed E-state index contributed by atoms with van der Waals surface area (Å²) in [6.45, 7) is 1.60. The monoisotopic (exact) mass is 305 g/mol. The van der Waals surface area contributed by atoms with Crippen molar-refractivity contribution in [2.45, 2.75) is 19.1 Å². The Kier molecular flexibility index (Phi) is 4.07. The molecule has 1 aromatic heterocycles. The van der Waals surface area contributed by atoms with Crippen LogP contribution in [0.1, 0.15) is 27.1 Å². The first-order chi connectivity index (χ1) is 9.32. The minimum absolute atomic E-state index is 0.267. The largest absolute Gasteiger partial charge is 0.443 e. The van der Waals surface area contributed by atoms with E-state index in [1.807, 2.05) is 0 Å². The summed E-state index contributed by atoms with van der Waals surface area (Å²) >= 11 is 0.476. The van der Waals surface area contributed by atoms with Crippen LogP contribution in [0.4, 0.5) is 17.6 Å². The predicted octanol–water partition coefficient (Wildman–Crippen LogP) is 3.16. The summed E-state index contributed by atoms with van der Waals surface area (Å²) in [6, 6.07) is 3.66. The van der Waals surface area contributed by atoms with E-state index in [2.05, 4.69) is 10.4 Å². The number of nitrogens with two attached hydrogens (primary N) is 1. The lowest BCUT2D eigenvalue weighted by Crippen LogP contribution is -2.28. The van der Waals surface area contributed by atoms with E-state index < -0.39 is 23.0 Å². The number of nitrogens with one attached hydrogen (secondary N) is 1. The second-order valence-electron chi connectivity index (χ2n) is 4.17. The molecule has 2 rings (SSSR count). The van der Waals surface area contributed by atoms with Gasteiger partial charge in [-0.3, -0.25) is 5.84 Å². The molecule has 0 aliphatic heterocycles. The van der Waals surface area contributed by atoms with E-state index >= 15 is 0 Å². The van der Waals surface area contributed by atoms with Crippen LogP contribution in [0.2, 0.25) is 0 Å². The van der Waals surface area contributed by atoms with E-state index in [9.17, 15) is 17.6 Å². The van der Waals surface area contributed by atoms with Crippen molar-refractivity contribution >= 4 is 11.3 Å². The van der Waals surface area contributed by atoms with Gasteiger partial charge in [-0.2, -0.15) is 13.2 Å². The molecule has 1 aromatic carbocycles. The van der Waals surface area contributed by atoms with Crippen LogP contribution in [-0.4, -0.2) is 4.98 Å². The molecule has 0 saturated carbocycles. The Hall–Kier alpha value is -1.51. The summed E-state index contributed by atoms with van der Waals surface area (Å²) < 4.78 is 51.1. The zero-order valence-corrected chi connectivity index (χ0v) is 11.1. The van der Waals surface area contributed by atoms with Crippen molar-refractivity contribution in [3.05, 3.63) is 51.2 Å². The van der Waals surface area contributed by atoms with Crippen molar-refractivity contribution in [1.29, 1.82) is 0 Å². The number of halogens is 4. The number of aromatic nitrogens is 1. The molecule has 0 radical (unpaired) electrons. The van der Waals surface area contributed by atoms with E-state index in [0.29, 0.717) is 22.5 Å². The third kappa shape index (κ3) is 2.97. The molecule has 0 saturated heterocycles. The fourth-order valence-corrected chi connectivity index (χ4v) is 2.55. The topological polar surface area (TPSA) is 50.9 Å². The molecule has 0 aliphatic carbocycles. The summed E-state index contributed by atoms with van der Waals surface area (Å²) in [4.78, 5) is 3.59. The maximum absolute atomic E-state index is 13.5. The van der Waals surface area contributed by atoms with Gasteiger partial charge in [0.1, 0.15) is 5.82 Å². The van der Waals surface area contributed by atoms with E-state index in [4.69, 9.17) is 5.84 Å². The number of thiazole rings is 1. The molecule has 0 spiro atoms. The number of hydrogen-bond donors (Lipinski definition) is 2. The number of alkyl halides is 3. The van der Waals surface area contributed by atoms with Gasteiger partial charge in [-0.1, -0.05) is 12.1 Å². The van der Waals surface area contributed by atoms with E-state index in [0.717, 1.165) is 6.20 Å². The van der Waals surface area contributed by atoms with Crippen molar-refractivity contribution in [1.82, 2.24) is 10.4 Å². The fraction of sp³-hybridized carbons (Fsp3) is 0.250. The lowest BCUT2D eigenvalue weighted by molar-refractivity contribution is -0.137. The second-order valence-corrected chi connectivity index (χ2v) is 5.24. The normalized spacial score (nSPS) is 13.5. The summed E-state index contributed by atoms with van der Waals surface area (Å²) in [5, 5.41) is -0.958. The molecular formula is C12H11F4N3S. The number of benzene rings is 1. The first-order valence-electron chi connectivity index (χ1n) is 5.58. The fourth-order valence-electron chi connectivity index (χ4n) is 1.68. The SMILES string of the molecule is Cc1ccc(C(NN)c2cnc(C(F)(F)F)s2)cc1F. The first kappa shape index (κ1) is 14.9. The van der Waals surface area contributed by atoms with Crippen LogP contribution in [0.3, 0.4) is 0 Å². The quantitative estimate of drug-likeness (QED) is 0.520. The van der Waals surface area contributed by atoms with Crippen LogP contribution >= 0.6 is 11.3 Å². The highest BCUT2D eigenvalue weighted by atomic mass is 32.1. The van der Waals surface area contributed by atoms with Gasteiger partial charge in [-0.15, -0.1) is 11.3 Å². The van der Waals surface area contributed by atoms with Crippen LogP contribution < -0.4 is 11.3 Å². The lowest BCUT2D eigenvalue weighted by Gasteiger charge is -2.14. The molecule has 1 unspecified atom stereocenters. The smallest absolute Gasteiger partial charge is 0.271 e. The van der Waals surface area contributed by atoms with Gasteiger partial charge in [0.05, 0.1) is 6.04 Å². The van der Waals surface area contributed by atoms with Crippen LogP contribution in [0.15, 0.2) is 24.4 Å². The van der Waals surface area contributed by atoms with Crippen LogP contribution in [-0.2, 0) is 6.18 Å². The van der Waals surface area contributed by atoms with Crippen molar-refractivity contribution in [3.63, 3.8) is 0 Å². The molecule has 108 valence electrons. The highest BCUT2D eigenvalue weighted by molar-refractivity contribution is 7.11. The van der Waals surface area contributed by atoms with Gasteiger partial charge in [0.15, 0.2) is 5.01 Å². The van der Waals surface area contributed by atoms with Crippen molar-refractivity contribution in [3.8, 4) is 0 Å². The van der Waals surface area contributed by atoms with Crippen molar-refractivity contribution in [2.75, 3.05) is 0 Å². The number of hydrazine groups is 1. The predicted molar refractivity (Wildman–Crippen MR) is 67.4 cm³/mol. The maximum Gasteiger partial charge on any atom is 0.443 e. The summed E-state index contributed by atoms with van der Waals surface area (Å²) in [7, 11) is 0. The zero-order chi connectivity index (χ0) is 14.9. The summed E-state index contributed by atoms with van der Waals surface area (Å²) in [5.41, 5.74) is 3.27. The molecule has 8 heteroatoms. The number of nitrogens with zero attached hydrogens (tertiary/aromatic N) is 1. The number of aryl methyl sites for hydroxylation is 1. The Labute approximate surface area is 116 Å². The Bertz CT molecular complexity index is 609. The molecular weight excluding hydrogens is 294 g/mol. The van der Waals surface area contributed by atoms with Gasteiger partial charge in [0.25, 0.3) is 0 Å². The van der Waals surface area contributed by atoms with Gasteiger partial charge in [0.2, 0.25) is 0 Å². The summed E-state index contributed by atoms with van der Waals surface area (Å²) in [6.07, 6.45) is -3.41. The Morgan fingerprint density at radius 1 is 1.35 bits per heavy atom. The van der Waals surface area contributed by atoms with Crippen LogP contribution in [0.25, 0.3) is 0 Å². The van der Waals surface area contributed by atoms with Gasteiger partial charge in [-0.05, 0) is 24.1 Å². The highest BCUT2D eigenvalue weighted by Crippen LogP contribution is 2.35. The van der Waals surface area contributed by atoms with Crippen LogP contribution in [0.5, 0.6) is 0 Å². The van der Waals surface area contributed by atoms with E-state index in [1.54, 1.807) is 19.1 Å². The highest BCUT2D eigenvalue weighted by Gasteiger charge is 2.35. The van der Waals surface area contributed by atoms with Gasteiger partial charge in [0, 0.05) is 11.1 Å². The van der Waals surface area contributed by atoms with E-state index in [-0.39, 0.29) is 4.88 Å². The number of rotatable bonds is 3. The molecule has 1 atom stereocenters. The molecule has 20 heavy (non-hydrogen) atoms. The Balaban J connectivity index is 2.37. The third-order valence-electron chi connectivity index (χ3n) is 2.75. The molecule has 3 nitrogen and oxygen atoms in total. The standard InChI is InChI=1S/C12H11F4N3S/c1-6-2-3-7(4-8(6)13)10(19-17)9-5-18-11(20-9)12(14,15)16/h2-5,10,19H,17H2,1H3. The van der Waals surface area contributed by atoms with Crippen molar-refractivity contribution in [2.24, 2.45) is 5.84 Å². The molecule has 0 aliphatic rings. The molecule has 2 aromatic rings. The van der Waals surface area contributed by atoms with Gasteiger partial charge >= 0.3 is 6.18 Å². The molecule has 0 bridgehead atoms. The average Bonchev–Trinajstić information content (AvgIpc) is 2.84. The Morgan fingerprint density at radius 3 is 2.55 bits per heavy atom. The van der Waals surface area contributed by atoms with Crippen molar-refractivity contribution < 1.29 is 17.6 Å². The van der Waals surface area contributed by atoms with Gasteiger partial charge < -0.3 is 0 Å². The second kappa shape index (κ2) is 5.47. The molecule has 0 amide bonds. The lowest BCUT2D eigenvalue weighted by atomic mass is 10.0. The Morgan fingerprint density at radius 2 is 2.05 bits per heavy atom. The third-order valence-corrected chi connectivity index (χ3v) is 3.85. The minimum Gasteiger partial charge on any atom is -0.271 e. The van der Waals surface area contributed by atoms with Crippen LogP contribution in [0, 0.1) is 12.7 Å². The number of hydrogen-bond acceptors (Lipinski definition) is 4. The maximum atomic E-state index is 13.5. The van der Waals surface area contributed by atoms with E-state index in [1.165, 1.54) is 6.07 Å². The molecule has 1 heterocycles. The molecule has 3 N–H and O–H groups in total. The summed E-state index contributed by atoms with van der Waals surface area (Å²) in [5.74, 6) is 4.93. The van der Waals surface area contributed by atoms with Gasteiger partial charge in [-0.25, -0.2) is 14.8 Å². The minimum atomic E-state index is -4.50. The first-order valence-corrected chi connectivity index (χ1v) is 6.39. The molecule has 0 fully saturated rings.